The van der Waals surface area contributed by atoms with Crippen LogP contribution in [0.25, 0.3) is 0 Å². The standard InChI is InChI=1S/C12H13BrFNO3/c1-17-12(16)10-5-8(6-15-10)18-11-3-2-7(14)4-9(11)13/h2-4,8,10,15H,5-6H2,1H3. The van der Waals surface area contributed by atoms with E-state index in [2.05, 4.69) is 26.0 Å². The topological polar surface area (TPSA) is 47.6 Å². The number of carbonyl (C=O) groups is 1. The Morgan fingerprint density at radius 2 is 2.33 bits per heavy atom. The number of esters is 1. The molecule has 2 rings (SSSR count). The molecular formula is C12H13BrFNO3. The summed E-state index contributed by atoms with van der Waals surface area (Å²) in [5.41, 5.74) is 0. The maximum atomic E-state index is 12.9. The first-order valence-electron chi connectivity index (χ1n) is 5.53. The summed E-state index contributed by atoms with van der Waals surface area (Å²) in [6.45, 7) is 0.559. The van der Waals surface area contributed by atoms with Crippen molar-refractivity contribution in [3.8, 4) is 5.75 Å². The van der Waals surface area contributed by atoms with Crippen LogP contribution in [0.1, 0.15) is 6.42 Å². The lowest BCUT2D eigenvalue weighted by Crippen LogP contribution is -2.31. The molecule has 0 aromatic heterocycles. The second kappa shape index (κ2) is 5.67. The molecule has 2 unspecified atom stereocenters. The van der Waals surface area contributed by atoms with Crippen molar-refractivity contribution in [2.45, 2.75) is 18.6 Å². The van der Waals surface area contributed by atoms with Gasteiger partial charge in [0.15, 0.2) is 0 Å². The van der Waals surface area contributed by atoms with Gasteiger partial charge in [-0.15, -0.1) is 0 Å². The van der Waals surface area contributed by atoms with E-state index >= 15 is 0 Å². The molecule has 1 N–H and O–H groups in total. The maximum Gasteiger partial charge on any atom is 0.323 e. The highest BCUT2D eigenvalue weighted by Crippen LogP contribution is 2.27. The van der Waals surface area contributed by atoms with Crippen LogP contribution in [0, 0.1) is 5.82 Å². The maximum absolute atomic E-state index is 12.9. The molecular weight excluding hydrogens is 305 g/mol. The minimum absolute atomic E-state index is 0.129. The largest absolute Gasteiger partial charge is 0.488 e. The van der Waals surface area contributed by atoms with Crippen LogP contribution in [0.3, 0.4) is 0 Å². The Morgan fingerprint density at radius 3 is 3.00 bits per heavy atom. The molecule has 0 bridgehead atoms. The Morgan fingerprint density at radius 1 is 1.56 bits per heavy atom. The first-order valence-corrected chi connectivity index (χ1v) is 6.32. The molecule has 1 heterocycles. The molecule has 1 saturated heterocycles. The molecule has 0 spiro atoms. The minimum atomic E-state index is -0.334. The zero-order chi connectivity index (χ0) is 13.1. The highest BCUT2D eigenvalue weighted by Gasteiger charge is 2.31. The van der Waals surface area contributed by atoms with Gasteiger partial charge in [-0.05, 0) is 34.1 Å². The van der Waals surface area contributed by atoms with Crippen molar-refractivity contribution in [1.82, 2.24) is 5.32 Å². The van der Waals surface area contributed by atoms with Crippen molar-refractivity contribution in [1.29, 1.82) is 0 Å². The fourth-order valence-corrected chi connectivity index (χ4v) is 2.31. The number of rotatable bonds is 3. The van der Waals surface area contributed by atoms with E-state index < -0.39 is 0 Å². The molecule has 0 radical (unpaired) electrons. The van der Waals surface area contributed by atoms with Gasteiger partial charge in [-0.3, -0.25) is 4.79 Å². The number of hydrogen-bond acceptors (Lipinski definition) is 4. The van der Waals surface area contributed by atoms with Gasteiger partial charge >= 0.3 is 5.97 Å². The van der Waals surface area contributed by atoms with Crippen molar-refractivity contribution in [2.24, 2.45) is 0 Å². The molecule has 1 aliphatic heterocycles. The summed E-state index contributed by atoms with van der Waals surface area (Å²) in [6, 6.07) is 3.90. The van der Waals surface area contributed by atoms with Gasteiger partial charge < -0.3 is 14.8 Å². The van der Waals surface area contributed by atoms with E-state index in [1.165, 1.54) is 19.2 Å². The Bertz CT molecular complexity index is 455. The minimum Gasteiger partial charge on any atom is -0.488 e. The van der Waals surface area contributed by atoms with Crippen LogP contribution in [0.2, 0.25) is 0 Å². The van der Waals surface area contributed by atoms with Gasteiger partial charge in [-0.2, -0.15) is 0 Å². The lowest BCUT2D eigenvalue weighted by atomic mass is 10.2. The third-order valence-electron chi connectivity index (χ3n) is 2.76. The summed E-state index contributed by atoms with van der Waals surface area (Å²) < 4.78 is 23.8. The van der Waals surface area contributed by atoms with E-state index in [0.29, 0.717) is 23.2 Å². The van der Waals surface area contributed by atoms with Gasteiger partial charge in [0.2, 0.25) is 0 Å². The van der Waals surface area contributed by atoms with E-state index in [-0.39, 0.29) is 23.9 Å². The van der Waals surface area contributed by atoms with E-state index in [0.717, 1.165) is 0 Å². The summed E-state index contributed by atoms with van der Waals surface area (Å²) in [4.78, 5) is 11.3. The number of carbonyl (C=O) groups excluding carboxylic acids is 1. The van der Waals surface area contributed by atoms with E-state index in [9.17, 15) is 9.18 Å². The summed E-state index contributed by atoms with van der Waals surface area (Å²) in [5, 5.41) is 3.02. The van der Waals surface area contributed by atoms with Gasteiger partial charge in [0.25, 0.3) is 0 Å². The summed E-state index contributed by atoms with van der Waals surface area (Å²) in [6.07, 6.45) is 0.409. The lowest BCUT2D eigenvalue weighted by Gasteiger charge is -2.14. The van der Waals surface area contributed by atoms with Crippen molar-refractivity contribution in [3.63, 3.8) is 0 Å². The SMILES string of the molecule is COC(=O)C1CC(Oc2ccc(F)cc2Br)CN1. The first-order chi connectivity index (χ1) is 8.60. The molecule has 0 saturated carbocycles. The number of hydrogen-bond donors (Lipinski definition) is 1. The van der Waals surface area contributed by atoms with Gasteiger partial charge in [-0.1, -0.05) is 0 Å². The highest BCUT2D eigenvalue weighted by atomic mass is 79.9. The first kappa shape index (κ1) is 13.3. The smallest absolute Gasteiger partial charge is 0.323 e. The molecule has 0 aliphatic carbocycles. The quantitative estimate of drug-likeness (QED) is 0.865. The molecule has 0 amide bonds. The van der Waals surface area contributed by atoms with Crippen molar-refractivity contribution < 1.29 is 18.7 Å². The van der Waals surface area contributed by atoms with Crippen LogP contribution in [0.15, 0.2) is 22.7 Å². The number of nitrogens with one attached hydrogen (secondary N) is 1. The molecule has 2 atom stereocenters. The monoisotopic (exact) mass is 317 g/mol. The number of benzene rings is 1. The van der Waals surface area contributed by atoms with Crippen molar-refractivity contribution >= 4 is 21.9 Å². The van der Waals surface area contributed by atoms with Gasteiger partial charge in [-0.25, -0.2) is 4.39 Å². The predicted octanol–water partition coefficient (Wildman–Crippen LogP) is 1.87. The second-order valence-corrected chi connectivity index (χ2v) is 4.89. The molecule has 98 valence electrons. The molecule has 18 heavy (non-hydrogen) atoms. The molecule has 1 aromatic carbocycles. The van der Waals surface area contributed by atoms with Crippen LogP contribution < -0.4 is 10.1 Å². The van der Waals surface area contributed by atoms with Gasteiger partial charge in [0.1, 0.15) is 23.7 Å². The zero-order valence-electron chi connectivity index (χ0n) is 9.78. The van der Waals surface area contributed by atoms with Crippen LogP contribution in [-0.4, -0.2) is 31.8 Å². The number of methoxy groups -OCH3 is 1. The van der Waals surface area contributed by atoms with E-state index in [4.69, 9.17) is 4.74 Å². The lowest BCUT2D eigenvalue weighted by molar-refractivity contribution is -0.142. The Labute approximate surface area is 113 Å². The Hall–Kier alpha value is -1.14. The van der Waals surface area contributed by atoms with Gasteiger partial charge in [0.05, 0.1) is 11.6 Å². The fraction of sp³-hybridized carbons (Fsp3) is 0.417. The average molecular weight is 318 g/mol. The van der Waals surface area contributed by atoms with E-state index in [1.807, 2.05) is 0 Å². The third kappa shape index (κ3) is 3.00. The predicted molar refractivity (Wildman–Crippen MR) is 66.9 cm³/mol. The number of ether oxygens (including phenoxy) is 2. The fourth-order valence-electron chi connectivity index (χ4n) is 1.87. The van der Waals surface area contributed by atoms with Crippen LogP contribution >= 0.6 is 15.9 Å². The Kier molecular flexibility index (Phi) is 4.19. The van der Waals surface area contributed by atoms with E-state index in [1.54, 1.807) is 6.07 Å². The summed E-state index contributed by atoms with van der Waals surface area (Å²) in [7, 11) is 1.36. The van der Waals surface area contributed by atoms with Crippen molar-refractivity contribution in [3.05, 3.63) is 28.5 Å². The molecule has 6 heteroatoms. The average Bonchev–Trinajstić information content (AvgIpc) is 2.80. The Balaban J connectivity index is 1.97. The second-order valence-electron chi connectivity index (χ2n) is 4.03. The molecule has 1 fully saturated rings. The highest BCUT2D eigenvalue weighted by molar-refractivity contribution is 9.10. The number of halogens is 2. The van der Waals surface area contributed by atoms with Crippen molar-refractivity contribution in [2.75, 3.05) is 13.7 Å². The zero-order valence-corrected chi connectivity index (χ0v) is 11.4. The third-order valence-corrected chi connectivity index (χ3v) is 3.38. The van der Waals surface area contributed by atoms with Crippen LogP contribution in [-0.2, 0) is 9.53 Å². The molecule has 1 aliphatic rings. The van der Waals surface area contributed by atoms with Crippen LogP contribution in [0.4, 0.5) is 4.39 Å². The summed E-state index contributed by atoms with van der Waals surface area (Å²) >= 11 is 3.24. The molecule has 1 aromatic rings. The normalized spacial score (nSPS) is 22.8. The molecule has 4 nitrogen and oxygen atoms in total. The van der Waals surface area contributed by atoms with Gasteiger partial charge in [0, 0.05) is 13.0 Å². The van der Waals surface area contributed by atoms with Crippen LogP contribution in [0.5, 0.6) is 5.75 Å². The summed E-state index contributed by atoms with van der Waals surface area (Å²) in [5.74, 6) is -0.0563.